The molecule has 4 rings (SSSR count). The topological polar surface area (TPSA) is 118 Å². The van der Waals surface area contributed by atoms with E-state index in [1.54, 1.807) is 12.4 Å². The van der Waals surface area contributed by atoms with Gasteiger partial charge in [-0.1, -0.05) is 0 Å². The predicted octanol–water partition coefficient (Wildman–Crippen LogP) is 3.18. The van der Waals surface area contributed by atoms with E-state index in [1.807, 2.05) is 30.3 Å². The number of aromatic amines is 1. The molecule has 0 aliphatic carbocycles. The minimum Gasteiger partial charge on any atom is -0.478 e. The van der Waals surface area contributed by atoms with Gasteiger partial charge in [0.05, 0.1) is 22.9 Å². The SMILES string of the molecule is Nc1ccc2[nH]c(-c3ccncc3)nc2c1.O=C(O)c1ccoc1. The lowest BCUT2D eigenvalue weighted by molar-refractivity contribution is 0.0696. The number of carboxylic acids is 1. The molecule has 3 heterocycles. The average molecular weight is 322 g/mol. The number of nitrogens with two attached hydrogens (primary N) is 1. The smallest absolute Gasteiger partial charge is 0.338 e. The van der Waals surface area contributed by atoms with Crippen LogP contribution < -0.4 is 5.73 Å². The second kappa shape index (κ2) is 6.66. The summed E-state index contributed by atoms with van der Waals surface area (Å²) in [4.78, 5) is 21.7. The molecule has 120 valence electrons. The minimum atomic E-state index is -0.959. The Labute approximate surface area is 136 Å². The summed E-state index contributed by atoms with van der Waals surface area (Å²) in [7, 11) is 0. The zero-order valence-corrected chi connectivity index (χ0v) is 12.5. The molecule has 1 aromatic carbocycles. The Morgan fingerprint density at radius 3 is 2.58 bits per heavy atom. The molecule has 0 unspecified atom stereocenters. The van der Waals surface area contributed by atoms with Gasteiger partial charge in [0.2, 0.25) is 0 Å². The van der Waals surface area contributed by atoms with E-state index in [9.17, 15) is 4.79 Å². The fourth-order valence-corrected chi connectivity index (χ4v) is 2.06. The zero-order chi connectivity index (χ0) is 16.9. The molecule has 0 aliphatic heterocycles. The molecule has 0 amide bonds. The molecule has 0 radical (unpaired) electrons. The molecule has 0 saturated heterocycles. The molecule has 0 fully saturated rings. The highest BCUT2D eigenvalue weighted by Crippen LogP contribution is 2.21. The molecular formula is C17H14N4O3. The maximum Gasteiger partial charge on any atom is 0.338 e. The van der Waals surface area contributed by atoms with Crippen LogP contribution in [0.2, 0.25) is 0 Å². The van der Waals surface area contributed by atoms with Crippen molar-refractivity contribution in [3.63, 3.8) is 0 Å². The van der Waals surface area contributed by atoms with Crippen molar-refractivity contribution in [2.24, 2.45) is 0 Å². The first kappa shape index (κ1) is 15.3. The van der Waals surface area contributed by atoms with Crippen molar-refractivity contribution in [1.29, 1.82) is 0 Å². The zero-order valence-electron chi connectivity index (χ0n) is 12.5. The number of nitrogens with one attached hydrogen (secondary N) is 1. The van der Waals surface area contributed by atoms with Gasteiger partial charge in [0, 0.05) is 23.6 Å². The predicted molar refractivity (Wildman–Crippen MR) is 89.4 cm³/mol. The molecule has 4 N–H and O–H groups in total. The Bertz CT molecular complexity index is 947. The van der Waals surface area contributed by atoms with Crippen LogP contribution in [0, 0.1) is 0 Å². The van der Waals surface area contributed by atoms with Crippen molar-refractivity contribution in [3.8, 4) is 11.4 Å². The highest BCUT2D eigenvalue weighted by Gasteiger charge is 2.04. The molecule has 0 saturated carbocycles. The second-order valence-electron chi connectivity index (χ2n) is 4.92. The van der Waals surface area contributed by atoms with Gasteiger partial charge in [0.15, 0.2) is 0 Å². The number of nitrogens with zero attached hydrogens (tertiary/aromatic N) is 2. The van der Waals surface area contributed by atoms with E-state index < -0.39 is 5.97 Å². The molecular weight excluding hydrogens is 308 g/mol. The number of carbonyl (C=O) groups is 1. The number of imidazole rings is 1. The second-order valence-corrected chi connectivity index (χ2v) is 4.92. The third kappa shape index (κ3) is 3.41. The lowest BCUT2D eigenvalue weighted by atomic mass is 10.2. The summed E-state index contributed by atoms with van der Waals surface area (Å²) in [5.74, 6) is -0.123. The molecule has 0 atom stereocenters. The quantitative estimate of drug-likeness (QED) is 0.488. The van der Waals surface area contributed by atoms with Crippen LogP contribution in [0.1, 0.15) is 10.4 Å². The number of nitrogen functional groups attached to an aromatic ring is 1. The summed E-state index contributed by atoms with van der Waals surface area (Å²) in [5.41, 5.74) is 9.50. The van der Waals surface area contributed by atoms with Crippen molar-refractivity contribution >= 4 is 22.7 Å². The molecule has 24 heavy (non-hydrogen) atoms. The molecule has 7 heteroatoms. The molecule has 0 spiro atoms. The van der Waals surface area contributed by atoms with Gasteiger partial charge in [0.1, 0.15) is 12.1 Å². The standard InChI is InChI=1S/C12H10N4.C5H4O3/c13-9-1-2-10-11(7-9)16-12(15-10)8-3-5-14-6-4-8;6-5(7)4-1-2-8-3-4/h1-7H,13H2,(H,15,16);1-3H,(H,6,7). The number of hydrogen-bond acceptors (Lipinski definition) is 5. The number of aromatic nitrogens is 3. The maximum atomic E-state index is 10.0. The van der Waals surface area contributed by atoms with Crippen LogP contribution in [0.5, 0.6) is 0 Å². The van der Waals surface area contributed by atoms with Crippen molar-refractivity contribution in [3.05, 3.63) is 66.9 Å². The normalized spacial score (nSPS) is 10.2. The van der Waals surface area contributed by atoms with Crippen molar-refractivity contribution in [2.45, 2.75) is 0 Å². The van der Waals surface area contributed by atoms with E-state index in [4.69, 9.17) is 10.8 Å². The van der Waals surface area contributed by atoms with E-state index in [2.05, 4.69) is 19.4 Å². The third-order valence-electron chi connectivity index (χ3n) is 3.23. The summed E-state index contributed by atoms with van der Waals surface area (Å²) in [6.45, 7) is 0. The number of carboxylic acid groups (broad SMARTS) is 1. The number of furan rings is 1. The number of hydrogen-bond donors (Lipinski definition) is 3. The lowest BCUT2D eigenvalue weighted by Crippen LogP contribution is -1.90. The van der Waals surface area contributed by atoms with Crippen LogP contribution in [-0.4, -0.2) is 26.0 Å². The molecule has 0 bridgehead atoms. The monoisotopic (exact) mass is 322 g/mol. The number of H-pyrrole nitrogens is 1. The fourth-order valence-electron chi connectivity index (χ4n) is 2.06. The van der Waals surface area contributed by atoms with Gasteiger partial charge < -0.3 is 20.2 Å². The van der Waals surface area contributed by atoms with E-state index in [-0.39, 0.29) is 5.56 Å². The van der Waals surface area contributed by atoms with Gasteiger partial charge in [-0.15, -0.1) is 0 Å². The van der Waals surface area contributed by atoms with E-state index >= 15 is 0 Å². The van der Waals surface area contributed by atoms with Crippen LogP contribution in [0.25, 0.3) is 22.4 Å². The highest BCUT2D eigenvalue weighted by molar-refractivity contribution is 5.86. The molecule has 0 aliphatic rings. The Balaban J connectivity index is 0.000000179. The summed E-state index contributed by atoms with van der Waals surface area (Å²) < 4.78 is 4.49. The average Bonchev–Trinajstić information content (AvgIpc) is 3.25. The van der Waals surface area contributed by atoms with Gasteiger partial charge in [0.25, 0.3) is 0 Å². The van der Waals surface area contributed by atoms with Crippen LogP contribution >= 0.6 is 0 Å². The number of fused-ring (bicyclic) bond motifs is 1. The molecule has 3 aromatic heterocycles. The summed E-state index contributed by atoms with van der Waals surface area (Å²) in [6.07, 6.45) is 6.00. The summed E-state index contributed by atoms with van der Waals surface area (Å²) >= 11 is 0. The Morgan fingerprint density at radius 1 is 1.17 bits per heavy atom. The van der Waals surface area contributed by atoms with Crippen LogP contribution in [0.15, 0.2) is 65.7 Å². The van der Waals surface area contributed by atoms with Gasteiger partial charge in [-0.2, -0.15) is 0 Å². The lowest BCUT2D eigenvalue weighted by Gasteiger charge is -1.92. The van der Waals surface area contributed by atoms with Crippen LogP contribution in [-0.2, 0) is 0 Å². The molecule has 4 aromatic rings. The fraction of sp³-hybridized carbons (Fsp3) is 0. The maximum absolute atomic E-state index is 10.0. The first-order valence-electron chi connectivity index (χ1n) is 7.04. The Kier molecular flexibility index (Phi) is 4.24. The van der Waals surface area contributed by atoms with Crippen LogP contribution in [0.3, 0.4) is 0 Å². The summed E-state index contributed by atoms with van der Waals surface area (Å²) in [5, 5.41) is 8.21. The Hall–Kier alpha value is -3.61. The number of benzene rings is 1. The van der Waals surface area contributed by atoms with Gasteiger partial charge >= 0.3 is 5.97 Å². The van der Waals surface area contributed by atoms with E-state index in [0.717, 1.165) is 28.1 Å². The largest absolute Gasteiger partial charge is 0.478 e. The van der Waals surface area contributed by atoms with Gasteiger partial charge in [-0.25, -0.2) is 9.78 Å². The first-order chi connectivity index (χ1) is 11.6. The Morgan fingerprint density at radius 2 is 1.96 bits per heavy atom. The number of aromatic carboxylic acids is 1. The number of anilines is 1. The number of rotatable bonds is 2. The van der Waals surface area contributed by atoms with Crippen molar-refractivity contribution in [2.75, 3.05) is 5.73 Å². The minimum absolute atomic E-state index is 0.185. The highest BCUT2D eigenvalue weighted by atomic mass is 16.4. The van der Waals surface area contributed by atoms with E-state index in [1.165, 1.54) is 18.6 Å². The van der Waals surface area contributed by atoms with Gasteiger partial charge in [-0.05, 0) is 36.4 Å². The van der Waals surface area contributed by atoms with Crippen molar-refractivity contribution in [1.82, 2.24) is 15.0 Å². The molecule has 7 nitrogen and oxygen atoms in total. The summed E-state index contributed by atoms with van der Waals surface area (Å²) in [6, 6.07) is 10.9. The number of pyridine rings is 1. The third-order valence-corrected chi connectivity index (χ3v) is 3.23. The first-order valence-corrected chi connectivity index (χ1v) is 7.04. The van der Waals surface area contributed by atoms with Crippen LogP contribution in [0.4, 0.5) is 5.69 Å². The van der Waals surface area contributed by atoms with Crippen molar-refractivity contribution < 1.29 is 14.3 Å². The van der Waals surface area contributed by atoms with Gasteiger partial charge in [-0.3, -0.25) is 4.98 Å². The van der Waals surface area contributed by atoms with E-state index in [0.29, 0.717) is 0 Å².